The molecule has 36 heavy (non-hydrogen) atoms. The standard InChI is InChI=1S/C31H38F4S/c1-3-5-7-9-12-25-16-20-28(21-17-25)36(35,30-15-11-14-27(24-30)31(32,33)34)29-22-18-26(19-23-29)13-10-8-6-4-2/h11,14-24H,3-10,12-13H2,1-2H3. The minimum Gasteiger partial charge on any atom is -0.175 e. The summed E-state index contributed by atoms with van der Waals surface area (Å²) in [5.41, 5.74) is 1.43. The summed E-state index contributed by atoms with van der Waals surface area (Å²) < 4.78 is 57.7. The van der Waals surface area contributed by atoms with Gasteiger partial charge < -0.3 is 0 Å². The van der Waals surface area contributed by atoms with E-state index in [2.05, 4.69) is 13.8 Å². The summed E-state index contributed by atoms with van der Waals surface area (Å²) in [4.78, 5) is 0.924. The van der Waals surface area contributed by atoms with E-state index in [1.165, 1.54) is 37.8 Å². The largest absolute Gasteiger partial charge is 0.416 e. The molecule has 0 saturated carbocycles. The molecule has 0 nitrogen and oxygen atoms in total. The van der Waals surface area contributed by atoms with Crippen molar-refractivity contribution in [3.8, 4) is 0 Å². The second-order valence-electron chi connectivity index (χ2n) is 9.47. The van der Waals surface area contributed by atoms with Crippen molar-refractivity contribution in [1.82, 2.24) is 0 Å². The molecule has 0 heterocycles. The molecule has 0 atom stereocenters. The fraction of sp³-hybridized carbons (Fsp3) is 0.419. The Labute approximate surface area is 215 Å². The van der Waals surface area contributed by atoms with Crippen LogP contribution in [-0.2, 0) is 19.0 Å². The smallest absolute Gasteiger partial charge is 0.175 e. The number of hydrogen-bond acceptors (Lipinski definition) is 0. The summed E-state index contributed by atoms with van der Waals surface area (Å²) in [5, 5.41) is 0. The van der Waals surface area contributed by atoms with Crippen LogP contribution >= 0.6 is 10.4 Å². The normalized spacial score (nSPS) is 12.6. The topological polar surface area (TPSA) is 0 Å². The lowest BCUT2D eigenvalue weighted by molar-refractivity contribution is -0.137. The molecule has 3 aromatic rings. The highest BCUT2D eigenvalue weighted by Gasteiger charge is 2.35. The van der Waals surface area contributed by atoms with Gasteiger partial charge in [0.2, 0.25) is 0 Å². The zero-order valence-electron chi connectivity index (χ0n) is 21.4. The lowest BCUT2D eigenvalue weighted by Crippen LogP contribution is -2.06. The van der Waals surface area contributed by atoms with Gasteiger partial charge in [-0.1, -0.05) is 82.7 Å². The van der Waals surface area contributed by atoms with Crippen molar-refractivity contribution in [2.24, 2.45) is 0 Å². The molecule has 0 spiro atoms. The molecule has 0 aliphatic carbocycles. The van der Waals surface area contributed by atoms with E-state index in [9.17, 15) is 13.2 Å². The number of benzene rings is 3. The molecule has 0 aliphatic rings. The van der Waals surface area contributed by atoms with E-state index in [-0.39, 0.29) is 4.90 Å². The minimum atomic E-state index is -4.53. The predicted molar refractivity (Wildman–Crippen MR) is 144 cm³/mol. The molecule has 0 saturated heterocycles. The third-order valence-corrected chi connectivity index (χ3v) is 9.37. The molecule has 0 unspecified atom stereocenters. The first-order valence-corrected chi connectivity index (χ1v) is 14.7. The first-order valence-electron chi connectivity index (χ1n) is 13.2. The van der Waals surface area contributed by atoms with Gasteiger partial charge in [0.15, 0.2) is 0 Å². The summed E-state index contributed by atoms with van der Waals surface area (Å²) >= 11 is 0. The Balaban J connectivity index is 1.95. The van der Waals surface area contributed by atoms with Crippen molar-refractivity contribution >= 4 is 10.4 Å². The fourth-order valence-corrected chi connectivity index (χ4v) is 6.85. The number of unbranched alkanes of at least 4 members (excludes halogenated alkanes) is 6. The van der Waals surface area contributed by atoms with E-state index in [1.807, 2.05) is 24.3 Å². The van der Waals surface area contributed by atoms with Crippen LogP contribution in [0.15, 0.2) is 87.5 Å². The number of alkyl halides is 3. The quantitative estimate of drug-likeness (QED) is 0.156. The molecule has 0 aliphatic heterocycles. The highest BCUT2D eigenvalue weighted by molar-refractivity contribution is 8.29. The minimum absolute atomic E-state index is 0.0729. The van der Waals surface area contributed by atoms with Gasteiger partial charge >= 0.3 is 6.18 Å². The SMILES string of the molecule is CCCCCCc1ccc(S(F)(c2ccc(CCCCCC)cc2)c2cccc(C(F)(F)F)c2)cc1. The van der Waals surface area contributed by atoms with Crippen molar-refractivity contribution < 1.29 is 17.1 Å². The number of hydrogen-bond donors (Lipinski definition) is 0. The van der Waals surface area contributed by atoms with Gasteiger partial charge in [-0.2, -0.15) is 17.1 Å². The van der Waals surface area contributed by atoms with Crippen LogP contribution < -0.4 is 0 Å². The first kappa shape index (κ1) is 28.3. The zero-order chi connectivity index (χ0) is 26.0. The Hall–Kier alpha value is -2.27. The Morgan fingerprint density at radius 2 is 1.06 bits per heavy atom. The second-order valence-corrected chi connectivity index (χ2v) is 12.0. The van der Waals surface area contributed by atoms with Gasteiger partial charge in [-0.25, -0.2) is 0 Å². The number of aryl methyl sites for hydroxylation is 2. The molecule has 0 amide bonds. The predicted octanol–water partition coefficient (Wildman–Crippen LogP) is 11.1. The molecule has 3 aromatic carbocycles. The summed E-state index contributed by atoms with van der Waals surface area (Å²) in [5.74, 6) is 0. The second kappa shape index (κ2) is 13.3. The van der Waals surface area contributed by atoms with E-state index >= 15 is 3.89 Å². The monoisotopic (exact) mass is 518 g/mol. The Kier molecular flexibility index (Phi) is 10.5. The van der Waals surface area contributed by atoms with E-state index < -0.39 is 22.2 Å². The van der Waals surface area contributed by atoms with Crippen LogP contribution in [-0.4, -0.2) is 0 Å². The Bertz CT molecular complexity index is 1000. The molecule has 0 bridgehead atoms. The lowest BCUT2D eigenvalue weighted by Gasteiger charge is -2.33. The highest BCUT2D eigenvalue weighted by atomic mass is 32.3. The Morgan fingerprint density at radius 3 is 1.47 bits per heavy atom. The molecule has 5 heteroatoms. The molecular formula is C31H38F4S. The summed E-state index contributed by atoms with van der Waals surface area (Å²) in [6.45, 7) is 4.34. The maximum Gasteiger partial charge on any atom is 0.416 e. The van der Waals surface area contributed by atoms with Crippen LogP contribution in [0, 0.1) is 0 Å². The van der Waals surface area contributed by atoms with Crippen LogP contribution in [0.2, 0.25) is 0 Å². The number of rotatable bonds is 13. The molecule has 3 rings (SSSR count). The van der Waals surface area contributed by atoms with E-state index in [1.54, 1.807) is 24.3 Å². The van der Waals surface area contributed by atoms with E-state index in [0.717, 1.165) is 61.8 Å². The fourth-order valence-electron chi connectivity index (χ4n) is 4.45. The Morgan fingerprint density at radius 1 is 0.583 bits per heavy atom. The highest BCUT2D eigenvalue weighted by Crippen LogP contribution is 2.70. The van der Waals surface area contributed by atoms with Crippen molar-refractivity contribution in [2.45, 2.75) is 98.9 Å². The molecule has 0 fully saturated rings. The van der Waals surface area contributed by atoms with Gasteiger partial charge in [0.25, 0.3) is 0 Å². The van der Waals surface area contributed by atoms with Gasteiger partial charge in [-0.05, 0) is 89.7 Å². The zero-order valence-corrected chi connectivity index (χ0v) is 22.2. The average molecular weight is 519 g/mol. The molecule has 0 N–H and O–H groups in total. The van der Waals surface area contributed by atoms with Gasteiger partial charge in [-0.15, -0.1) is 0 Å². The maximum absolute atomic E-state index is 17.2. The summed E-state index contributed by atoms with van der Waals surface area (Å²) in [6.07, 6.45) is 6.51. The third kappa shape index (κ3) is 7.38. The van der Waals surface area contributed by atoms with Gasteiger partial charge in [0.05, 0.1) is 5.56 Å². The average Bonchev–Trinajstić information content (AvgIpc) is 2.89. The molecule has 196 valence electrons. The molecule has 0 aromatic heterocycles. The van der Waals surface area contributed by atoms with Crippen molar-refractivity contribution in [2.75, 3.05) is 0 Å². The molecule has 0 radical (unpaired) electrons. The van der Waals surface area contributed by atoms with Crippen LogP contribution in [0.4, 0.5) is 17.1 Å². The number of halogens is 4. The van der Waals surface area contributed by atoms with Gasteiger partial charge in [-0.3, -0.25) is 0 Å². The van der Waals surface area contributed by atoms with E-state index in [0.29, 0.717) is 9.79 Å². The van der Waals surface area contributed by atoms with Crippen LogP contribution in [0.3, 0.4) is 0 Å². The van der Waals surface area contributed by atoms with Crippen molar-refractivity contribution in [3.05, 3.63) is 89.5 Å². The summed E-state index contributed by atoms with van der Waals surface area (Å²) in [6, 6.07) is 19.6. The van der Waals surface area contributed by atoms with E-state index in [4.69, 9.17) is 0 Å². The van der Waals surface area contributed by atoms with Gasteiger partial charge in [0.1, 0.15) is 0 Å². The van der Waals surface area contributed by atoms with Crippen molar-refractivity contribution in [1.29, 1.82) is 0 Å². The van der Waals surface area contributed by atoms with Crippen LogP contribution in [0.25, 0.3) is 0 Å². The van der Waals surface area contributed by atoms with Gasteiger partial charge in [0, 0.05) is 14.7 Å². The lowest BCUT2D eigenvalue weighted by atomic mass is 10.1. The van der Waals surface area contributed by atoms with Crippen molar-refractivity contribution in [3.63, 3.8) is 0 Å². The summed E-state index contributed by atoms with van der Waals surface area (Å²) in [7, 11) is -3.35. The maximum atomic E-state index is 17.2. The van der Waals surface area contributed by atoms with Crippen LogP contribution in [0.5, 0.6) is 0 Å². The third-order valence-electron chi connectivity index (χ3n) is 6.62. The van der Waals surface area contributed by atoms with Crippen LogP contribution in [0.1, 0.15) is 81.9 Å². The first-order chi connectivity index (χ1) is 17.3. The molecular weight excluding hydrogens is 480 g/mol.